The van der Waals surface area contributed by atoms with Crippen LogP contribution in [0.1, 0.15) is 18.1 Å². The highest BCUT2D eigenvalue weighted by atomic mass is 16.5. The SMILES string of the molecule is COc1ccc(CC(C)NCc2cccc(OC)c2)cc1. The van der Waals surface area contributed by atoms with E-state index in [0.717, 1.165) is 24.5 Å². The number of nitrogens with one attached hydrogen (secondary N) is 1. The first-order chi connectivity index (χ1) is 10.2. The summed E-state index contributed by atoms with van der Waals surface area (Å²) < 4.78 is 10.4. The molecule has 2 rings (SSSR count). The quantitative estimate of drug-likeness (QED) is 0.845. The van der Waals surface area contributed by atoms with Crippen molar-refractivity contribution < 1.29 is 9.47 Å². The summed E-state index contributed by atoms with van der Waals surface area (Å²) in [5, 5.41) is 3.54. The highest BCUT2D eigenvalue weighted by molar-refractivity contribution is 5.29. The molecule has 1 unspecified atom stereocenters. The lowest BCUT2D eigenvalue weighted by Crippen LogP contribution is -2.27. The van der Waals surface area contributed by atoms with Crippen molar-refractivity contribution in [2.45, 2.75) is 25.9 Å². The highest BCUT2D eigenvalue weighted by Gasteiger charge is 2.04. The molecule has 0 aliphatic heterocycles. The number of methoxy groups -OCH3 is 2. The van der Waals surface area contributed by atoms with Crippen LogP contribution >= 0.6 is 0 Å². The zero-order valence-electron chi connectivity index (χ0n) is 12.9. The summed E-state index contributed by atoms with van der Waals surface area (Å²) in [6.45, 7) is 3.04. The van der Waals surface area contributed by atoms with Crippen LogP contribution in [0.5, 0.6) is 11.5 Å². The fourth-order valence-electron chi connectivity index (χ4n) is 2.26. The van der Waals surface area contributed by atoms with E-state index in [1.165, 1.54) is 11.1 Å². The number of ether oxygens (including phenoxy) is 2. The van der Waals surface area contributed by atoms with E-state index < -0.39 is 0 Å². The van der Waals surface area contributed by atoms with Gasteiger partial charge in [-0.3, -0.25) is 0 Å². The Hall–Kier alpha value is -2.00. The lowest BCUT2D eigenvalue weighted by Gasteiger charge is -2.14. The molecule has 0 aliphatic carbocycles. The largest absolute Gasteiger partial charge is 0.497 e. The van der Waals surface area contributed by atoms with Gasteiger partial charge in [-0.2, -0.15) is 0 Å². The van der Waals surface area contributed by atoms with Crippen LogP contribution in [0.15, 0.2) is 48.5 Å². The van der Waals surface area contributed by atoms with Crippen molar-refractivity contribution in [1.82, 2.24) is 5.32 Å². The van der Waals surface area contributed by atoms with E-state index in [2.05, 4.69) is 36.5 Å². The van der Waals surface area contributed by atoms with Crippen LogP contribution in [-0.4, -0.2) is 20.3 Å². The summed E-state index contributed by atoms with van der Waals surface area (Å²) in [4.78, 5) is 0. The number of benzene rings is 2. The van der Waals surface area contributed by atoms with E-state index in [0.29, 0.717) is 6.04 Å². The van der Waals surface area contributed by atoms with Gasteiger partial charge in [0.05, 0.1) is 14.2 Å². The third-order valence-corrected chi connectivity index (χ3v) is 3.49. The van der Waals surface area contributed by atoms with Crippen LogP contribution in [0.4, 0.5) is 0 Å². The summed E-state index contributed by atoms with van der Waals surface area (Å²) in [6, 6.07) is 16.8. The molecule has 0 spiro atoms. The third kappa shape index (κ3) is 4.80. The van der Waals surface area contributed by atoms with Crippen LogP contribution in [0.2, 0.25) is 0 Å². The van der Waals surface area contributed by atoms with Gasteiger partial charge in [0.15, 0.2) is 0 Å². The Labute approximate surface area is 126 Å². The van der Waals surface area contributed by atoms with Gasteiger partial charge in [-0.05, 0) is 48.7 Å². The minimum Gasteiger partial charge on any atom is -0.497 e. The molecule has 0 aromatic heterocycles. The zero-order valence-corrected chi connectivity index (χ0v) is 12.9. The summed E-state index contributed by atoms with van der Waals surface area (Å²) in [7, 11) is 3.38. The van der Waals surface area contributed by atoms with Gasteiger partial charge in [-0.15, -0.1) is 0 Å². The van der Waals surface area contributed by atoms with Crippen LogP contribution < -0.4 is 14.8 Å². The fraction of sp³-hybridized carbons (Fsp3) is 0.333. The number of hydrogen-bond acceptors (Lipinski definition) is 3. The molecular weight excluding hydrogens is 262 g/mol. The summed E-state index contributed by atoms with van der Waals surface area (Å²) in [5.41, 5.74) is 2.54. The molecule has 112 valence electrons. The molecule has 3 heteroatoms. The van der Waals surface area contributed by atoms with Gasteiger partial charge in [0.25, 0.3) is 0 Å². The number of hydrogen-bond donors (Lipinski definition) is 1. The molecule has 2 aromatic rings. The van der Waals surface area contributed by atoms with Crippen molar-refractivity contribution >= 4 is 0 Å². The first-order valence-electron chi connectivity index (χ1n) is 7.20. The number of rotatable bonds is 7. The Kier molecular flexibility index (Phi) is 5.64. The van der Waals surface area contributed by atoms with Crippen LogP contribution in [0.25, 0.3) is 0 Å². The van der Waals surface area contributed by atoms with Crippen LogP contribution in [0.3, 0.4) is 0 Å². The van der Waals surface area contributed by atoms with Crippen molar-refractivity contribution in [2.75, 3.05) is 14.2 Å². The predicted molar refractivity (Wildman–Crippen MR) is 86.0 cm³/mol. The molecule has 0 saturated carbocycles. The van der Waals surface area contributed by atoms with E-state index in [9.17, 15) is 0 Å². The van der Waals surface area contributed by atoms with Crippen molar-refractivity contribution in [2.24, 2.45) is 0 Å². The Morgan fingerprint density at radius 3 is 2.29 bits per heavy atom. The molecule has 0 fully saturated rings. The Morgan fingerprint density at radius 1 is 0.905 bits per heavy atom. The molecular formula is C18H23NO2. The first-order valence-corrected chi connectivity index (χ1v) is 7.20. The van der Waals surface area contributed by atoms with Gasteiger partial charge < -0.3 is 14.8 Å². The maximum Gasteiger partial charge on any atom is 0.119 e. The van der Waals surface area contributed by atoms with E-state index >= 15 is 0 Å². The van der Waals surface area contributed by atoms with Gasteiger partial charge >= 0.3 is 0 Å². The molecule has 0 saturated heterocycles. The van der Waals surface area contributed by atoms with Crippen molar-refractivity contribution in [1.29, 1.82) is 0 Å². The molecule has 0 amide bonds. The molecule has 2 aromatic carbocycles. The van der Waals surface area contributed by atoms with E-state index in [4.69, 9.17) is 9.47 Å². The molecule has 0 radical (unpaired) electrons. The van der Waals surface area contributed by atoms with E-state index in [1.807, 2.05) is 24.3 Å². The third-order valence-electron chi connectivity index (χ3n) is 3.49. The average molecular weight is 285 g/mol. The monoisotopic (exact) mass is 285 g/mol. The van der Waals surface area contributed by atoms with Crippen molar-refractivity contribution in [3.63, 3.8) is 0 Å². The molecule has 0 bridgehead atoms. The highest BCUT2D eigenvalue weighted by Crippen LogP contribution is 2.14. The first kappa shape index (κ1) is 15.4. The maximum absolute atomic E-state index is 5.24. The van der Waals surface area contributed by atoms with Gasteiger partial charge in [-0.1, -0.05) is 24.3 Å². The Balaban J connectivity index is 1.84. The maximum atomic E-state index is 5.24. The second-order valence-corrected chi connectivity index (χ2v) is 5.19. The predicted octanol–water partition coefficient (Wildman–Crippen LogP) is 3.42. The van der Waals surface area contributed by atoms with E-state index in [1.54, 1.807) is 14.2 Å². The molecule has 0 heterocycles. The molecule has 1 atom stereocenters. The second kappa shape index (κ2) is 7.70. The minimum absolute atomic E-state index is 0.407. The van der Waals surface area contributed by atoms with Gasteiger partial charge in [0.1, 0.15) is 11.5 Å². The molecule has 21 heavy (non-hydrogen) atoms. The molecule has 1 N–H and O–H groups in total. The Morgan fingerprint density at radius 2 is 1.62 bits per heavy atom. The van der Waals surface area contributed by atoms with E-state index in [-0.39, 0.29) is 0 Å². The zero-order chi connectivity index (χ0) is 15.1. The lowest BCUT2D eigenvalue weighted by molar-refractivity contribution is 0.413. The van der Waals surface area contributed by atoms with Crippen LogP contribution in [0, 0.1) is 0 Å². The van der Waals surface area contributed by atoms with Gasteiger partial charge in [0.2, 0.25) is 0 Å². The minimum atomic E-state index is 0.407. The van der Waals surface area contributed by atoms with Crippen molar-refractivity contribution in [3.05, 3.63) is 59.7 Å². The van der Waals surface area contributed by atoms with Gasteiger partial charge in [0, 0.05) is 12.6 Å². The normalized spacial score (nSPS) is 12.0. The summed E-state index contributed by atoms with van der Waals surface area (Å²) in [5.74, 6) is 1.80. The average Bonchev–Trinajstić information content (AvgIpc) is 2.54. The topological polar surface area (TPSA) is 30.5 Å². The summed E-state index contributed by atoms with van der Waals surface area (Å²) in [6.07, 6.45) is 0.994. The van der Waals surface area contributed by atoms with Crippen LogP contribution in [-0.2, 0) is 13.0 Å². The smallest absolute Gasteiger partial charge is 0.119 e. The lowest BCUT2D eigenvalue weighted by atomic mass is 10.1. The fourth-order valence-corrected chi connectivity index (χ4v) is 2.26. The Bertz CT molecular complexity index is 551. The van der Waals surface area contributed by atoms with Crippen molar-refractivity contribution in [3.8, 4) is 11.5 Å². The second-order valence-electron chi connectivity index (χ2n) is 5.19. The molecule has 3 nitrogen and oxygen atoms in total. The molecule has 0 aliphatic rings. The standard InChI is InChI=1S/C18H23NO2/c1-14(11-15-7-9-17(20-2)10-8-15)19-13-16-5-4-6-18(12-16)21-3/h4-10,12,14,19H,11,13H2,1-3H3. The summed E-state index contributed by atoms with van der Waals surface area (Å²) >= 11 is 0. The van der Waals surface area contributed by atoms with Gasteiger partial charge in [-0.25, -0.2) is 0 Å².